The maximum Gasteiger partial charge on any atom is 0.271 e. The number of nitriles is 1. The van der Waals surface area contributed by atoms with Gasteiger partial charge in [0, 0.05) is 0 Å². The van der Waals surface area contributed by atoms with Crippen LogP contribution in [0.4, 0.5) is 4.39 Å². The quantitative estimate of drug-likeness (QED) is 0.279. The lowest BCUT2D eigenvalue weighted by Gasteiger charge is -2.28. The van der Waals surface area contributed by atoms with Gasteiger partial charge in [-0.25, -0.2) is 9.37 Å². The van der Waals surface area contributed by atoms with Crippen molar-refractivity contribution in [3.63, 3.8) is 0 Å². The Morgan fingerprint density at radius 2 is 1.86 bits per heavy atom. The molecule has 2 aromatic carbocycles. The van der Waals surface area contributed by atoms with Gasteiger partial charge in [0.05, 0.1) is 35.9 Å². The smallest absolute Gasteiger partial charge is 0.271 e. The molecule has 1 aromatic heterocycles. The van der Waals surface area contributed by atoms with Crippen LogP contribution in [-0.4, -0.2) is 45.3 Å². The van der Waals surface area contributed by atoms with Gasteiger partial charge in [-0.15, -0.1) is 0 Å². The minimum atomic E-state index is -1.37. The lowest BCUT2D eigenvalue weighted by atomic mass is 9.88. The van der Waals surface area contributed by atoms with Crippen LogP contribution in [0.25, 0.3) is 11.0 Å². The van der Waals surface area contributed by atoms with E-state index < -0.39 is 23.7 Å². The highest BCUT2D eigenvalue weighted by Gasteiger charge is 2.27. The number of alkyl halides is 1. The van der Waals surface area contributed by atoms with Crippen molar-refractivity contribution in [1.82, 2.24) is 15.3 Å². The van der Waals surface area contributed by atoms with Crippen molar-refractivity contribution in [2.75, 3.05) is 6.54 Å². The molecule has 0 aliphatic heterocycles. The monoisotopic (exact) mass is 490 g/mol. The van der Waals surface area contributed by atoms with E-state index in [-0.39, 0.29) is 31.0 Å². The zero-order valence-corrected chi connectivity index (χ0v) is 20.5. The average molecular weight is 491 g/mol. The number of aliphatic hydroxyl groups is 1. The summed E-state index contributed by atoms with van der Waals surface area (Å²) in [6, 6.07) is 16.2. The topological polar surface area (TPSA) is 124 Å². The summed E-state index contributed by atoms with van der Waals surface area (Å²) in [7, 11) is 0. The summed E-state index contributed by atoms with van der Waals surface area (Å²) >= 11 is 0. The van der Waals surface area contributed by atoms with Gasteiger partial charge in [-0.2, -0.15) is 10.4 Å². The Kier molecular flexibility index (Phi) is 9.53. The fourth-order valence-electron chi connectivity index (χ4n) is 3.98. The molecule has 0 aliphatic carbocycles. The van der Waals surface area contributed by atoms with Gasteiger partial charge in [-0.1, -0.05) is 47.6 Å². The van der Waals surface area contributed by atoms with Crippen molar-refractivity contribution >= 4 is 16.9 Å². The number of carbonyl (C=O) groups is 1. The zero-order chi connectivity index (χ0) is 26.0. The third kappa shape index (κ3) is 8.47. The summed E-state index contributed by atoms with van der Waals surface area (Å²) in [4.78, 5) is 21.8. The molecule has 3 rings (SSSR count). The molecule has 188 valence electrons. The lowest BCUT2D eigenvalue weighted by molar-refractivity contribution is 0.0741. The van der Waals surface area contributed by atoms with Crippen LogP contribution in [-0.2, 0) is 6.42 Å². The molecule has 0 saturated heterocycles. The number of aromatic nitrogens is 2. The van der Waals surface area contributed by atoms with Crippen molar-refractivity contribution in [1.29, 1.82) is 5.26 Å². The number of nitrogens with one attached hydrogen (secondary N) is 1. The largest absolute Gasteiger partial charge is 0.391 e. The number of para-hydroxylation sites is 2. The molecule has 1 heterocycles. The predicted molar refractivity (Wildman–Crippen MR) is 135 cm³/mol. The van der Waals surface area contributed by atoms with Gasteiger partial charge in [0.15, 0.2) is 0 Å². The predicted octanol–water partition coefficient (Wildman–Crippen LogP) is 4.80. The summed E-state index contributed by atoms with van der Waals surface area (Å²) in [5.41, 5.74) is 0.999. The van der Waals surface area contributed by atoms with Gasteiger partial charge in [0.1, 0.15) is 11.4 Å². The number of carbonyl (C=O) groups excluding carboxylic acids is 1. The van der Waals surface area contributed by atoms with Crippen LogP contribution in [0, 0.1) is 17.4 Å². The Labute approximate surface area is 210 Å². The second-order valence-electron chi connectivity index (χ2n) is 9.46. The molecule has 0 radical (unpaired) electrons. The third-order valence-electron chi connectivity index (χ3n) is 5.94. The van der Waals surface area contributed by atoms with E-state index >= 15 is 0 Å². The third-order valence-corrected chi connectivity index (χ3v) is 5.94. The molecule has 1 amide bonds. The van der Waals surface area contributed by atoms with Crippen LogP contribution in [0.1, 0.15) is 49.2 Å². The Bertz CT molecular complexity index is 1210. The van der Waals surface area contributed by atoms with Crippen LogP contribution in [0.5, 0.6) is 0 Å². The maximum absolute atomic E-state index is 14.2. The maximum atomic E-state index is 14.2. The molecule has 0 aliphatic rings. The molecule has 9 heteroatoms. The van der Waals surface area contributed by atoms with Crippen molar-refractivity contribution in [3.8, 4) is 6.19 Å². The molecule has 3 atom stereocenters. The molecular formula is C27H31FN6O2. The number of halogens is 1. The molecule has 0 spiro atoms. The van der Waals surface area contributed by atoms with E-state index in [4.69, 9.17) is 5.26 Å². The first-order valence-corrected chi connectivity index (χ1v) is 11.9. The summed E-state index contributed by atoms with van der Waals surface area (Å²) < 4.78 is 14.2. The number of benzene rings is 2. The van der Waals surface area contributed by atoms with E-state index in [0.717, 1.165) is 5.56 Å². The van der Waals surface area contributed by atoms with E-state index in [9.17, 15) is 14.3 Å². The van der Waals surface area contributed by atoms with Gasteiger partial charge in [-0.3, -0.25) is 9.78 Å². The van der Waals surface area contributed by atoms with Crippen LogP contribution in [0.2, 0.25) is 0 Å². The molecule has 8 nitrogen and oxygen atoms in total. The van der Waals surface area contributed by atoms with Gasteiger partial charge < -0.3 is 10.4 Å². The van der Waals surface area contributed by atoms with Crippen LogP contribution in [0.3, 0.4) is 0 Å². The van der Waals surface area contributed by atoms with Gasteiger partial charge in [-0.05, 0) is 63.1 Å². The first-order valence-electron chi connectivity index (χ1n) is 11.9. The molecule has 0 bridgehead atoms. The molecule has 36 heavy (non-hydrogen) atoms. The Morgan fingerprint density at radius 3 is 2.56 bits per heavy atom. The van der Waals surface area contributed by atoms with Crippen molar-refractivity contribution in [3.05, 3.63) is 72.1 Å². The minimum absolute atomic E-state index is 0.150. The standard InChI is InChI=1S/C27H31FN6O2/c1-27(2,28)13-12-20(16-31-32-18-29)15-25(35)23(14-19-8-4-3-5-9-19)34-26(36)24-17-30-21-10-6-7-11-22(21)33-24/h3-11,17,20,23,25,35H,12-16H2,1-2H3,(H,34,36). The van der Waals surface area contributed by atoms with E-state index in [1.165, 1.54) is 20.0 Å². The summed E-state index contributed by atoms with van der Waals surface area (Å²) in [5, 5.41) is 30.0. The second-order valence-corrected chi connectivity index (χ2v) is 9.46. The number of azo groups is 1. The second kappa shape index (κ2) is 12.8. The van der Waals surface area contributed by atoms with Crippen LogP contribution >= 0.6 is 0 Å². The highest BCUT2D eigenvalue weighted by Crippen LogP contribution is 2.24. The summed E-state index contributed by atoms with van der Waals surface area (Å²) in [6.07, 6.45) is 3.44. The lowest BCUT2D eigenvalue weighted by Crippen LogP contribution is -2.46. The molecule has 3 aromatic rings. The van der Waals surface area contributed by atoms with Crippen molar-refractivity contribution in [2.45, 2.75) is 57.3 Å². The van der Waals surface area contributed by atoms with E-state index in [1.807, 2.05) is 48.5 Å². The Balaban J connectivity index is 1.78. The number of hydrogen-bond acceptors (Lipinski definition) is 7. The van der Waals surface area contributed by atoms with Crippen molar-refractivity contribution < 1.29 is 14.3 Å². The SMILES string of the molecule is CC(C)(F)CCC(CN=NC#N)CC(O)C(Cc1ccccc1)NC(=O)c1cnc2ccccc2n1. The fraction of sp³-hybridized carbons (Fsp3) is 0.407. The van der Waals surface area contributed by atoms with Crippen LogP contribution < -0.4 is 5.32 Å². The molecule has 2 N–H and O–H groups in total. The number of aliphatic hydroxyl groups excluding tert-OH is 1. The van der Waals surface area contributed by atoms with E-state index in [0.29, 0.717) is 23.9 Å². The van der Waals surface area contributed by atoms with Gasteiger partial charge in [0.25, 0.3) is 5.91 Å². The minimum Gasteiger partial charge on any atom is -0.391 e. The highest BCUT2D eigenvalue weighted by atomic mass is 19.1. The van der Waals surface area contributed by atoms with E-state index in [2.05, 4.69) is 25.5 Å². The fourth-order valence-corrected chi connectivity index (χ4v) is 3.98. The van der Waals surface area contributed by atoms with Gasteiger partial charge >= 0.3 is 0 Å². The molecule has 3 unspecified atom stereocenters. The number of fused-ring (bicyclic) bond motifs is 1. The first kappa shape index (κ1) is 26.8. The average Bonchev–Trinajstić information content (AvgIpc) is 2.86. The van der Waals surface area contributed by atoms with Crippen LogP contribution in [0.15, 0.2) is 71.0 Å². The van der Waals surface area contributed by atoms with E-state index in [1.54, 1.807) is 12.3 Å². The number of hydrogen-bond donors (Lipinski definition) is 2. The summed E-state index contributed by atoms with van der Waals surface area (Å²) in [6.45, 7) is 3.18. The molecule has 0 fully saturated rings. The van der Waals surface area contributed by atoms with Gasteiger partial charge in [0.2, 0.25) is 6.19 Å². The number of nitrogens with zero attached hydrogens (tertiary/aromatic N) is 5. The number of rotatable bonds is 12. The Hall–Kier alpha value is -3.77. The zero-order valence-electron chi connectivity index (χ0n) is 20.5. The number of amides is 1. The van der Waals surface area contributed by atoms with Crippen molar-refractivity contribution in [2.24, 2.45) is 16.1 Å². The normalized spacial score (nSPS) is 14.3. The molecule has 0 saturated carbocycles. The Morgan fingerprint density at radius 1 is 1.17 bits per heavy atom. The molecular weight excluding hydrogens is 459 g/mol. The first-order chi connectivity index (χ1) is 17.2. The summed E-state index contributed by atoms with van der Waals surface area (Å²) in [5.74, 6) is -0.665. The highest BCUT2D eigenvalue weighted by molar-refractivity contribution is 5.94.